The van der Waals surface area contributed by atoms with Crippen LogP contribution in [0, 0.1) is 5.92 Å². The second kappa shape index (κ2) is 18.6. The zero-order valence-electron chi connectivity index (χ0n) is 30.7. The summed E-state index contributed by atoms with van der Waals surface area (Å²) in [6.07, 6.45) is 10.3. The largest absolute Gasteiger partial charge is 0.494 e. The minimum Gasteiger partial charge on any atom is -0.494 e. The smallest absolute Gasteiger partial charge is 0.326 e. The summed E-state index contributed by atoms with van der Waals surface area (Å²) in [5.41, 5.74) is 3.35. The van der Waals surface area contributed by atoms with E-state index in [4.69, 9.17) is 4.74 Å². The van der Waals surface area contributed by atoms with E-state index in [0.29, 0.717) is 17.1 Å². The average molecular weight is 713 g/mol. The molecular weight excluding hydrogens is 661 g/mol. The van der Waals surface area contributed by atoms with E-state index in [-0.39, 0.29) is 23.7 Å². The molecule has 4 rings (SSSR count). The predicted octanol–water partition coefficient (Wildman–Crippen LogP) is 8.48. The number of carbonyl (C=O) groups excluding carboxylic acids is 2. The third kappa shape index (κ3) is 11.5. The molecule has 0 aliphatic carbocycles. The molecule has 2 heterocycles. The van der Waals surface area contributed by atoms with Gasteiger partial charge in [-0.25, -0.2) is 14.8 Å². The van der Waals surface area contributed by atoms with Crippen molar-refractivity contribution >= 4 is 29.1 Å². The molecule has 272 valence electrons. The highest BCUT2D eigenvalue weighted by Gasteiger charge is 2.30. The lowest BCUT2D eigenvalue weighted by atomic mass is 9.95. The van der Waals surface area contributed by atoms with E-state index in [1.165, 1.54) is 37.0 Å². The Morgan fingerprint density at radius 2 is 1.47 bits per heavy atom. The third-order valence-corrected chi connectivity index (χ3v) is 10.5. The summed E-state index contributed by atoms with van der Waals surface area (Å²) in [5.74, 6) is -0.917. The Kier molecular flexibility index (Phi) is 14.3. The number of amides is 2. The average Bonchev–Trinajstić information content (AvgIpc) is 3.64. The Morgan fingerprint density at radius 3 is 2.06 bits per heavy atom. The lowest BCUT2D eigenvalue weighted by molar-refractivity contribution is -0.143. The van der Waals surface area contributed by atoms with Crippen LogP contribution < -0.4 is 15.4 Å². The highest BCUT2D eigenvalue weighted by atomic mass is 32.1. The summed E-state index contributed by atoms with van der Waals surface area (Å²) in [5, 5.41) is 15.4. The first-order valence-electron chi connectivity index (χ1n) is 18.0. The minimum atomic E-state index is -1.11. The van der Waals surface area contributed by atoms with Crippen molar-refractivity contribution in [1.29, 1.82) is 0 Å². The number of carboxylic acid groups (broad SMARTS) is 1. The first-order chi connectivity index (χ1) is 24.4. The molecule has 0 radical (unpaired) electrons. The predicted molar refractivity (Wildman–Crippen MR) is 204 cm³/mol. The van der Waals surface area contributed by atoms with E-state index >= 15 is 0 Å². The molecule has 0 unspecified atom stereocenters. The van der Waals surface area contributed by atoms with Gasteiger partial charge in [0.25, 0.3) is 5.91 Å². The van der Waals surface area contributed by atoms with E-state index in [1.54, 1.807) is 25.4 Å². The van der Waals surface area contributed by atoms with Gasteiger partial charge >= 0.3 is 5.97 Å². The summed E-state index contributed by atoms with van der Waals surface area (Å²) in [6.45, 7) is 12.8. The number of rotatable bonds is 18. The lowest BCUT2D eigenvalue weighted by Crippen LogP contribution is -2.54. The molecule has 51 heavy (non-hydrogen) atoms. The van der Waals surface area contributed by atoms with Gasteiger partial charge in [-0.05, 0) is 53.1 Å². The van der Waals surface area contributed by atoms with Crippen molar-refractivity contribution in [3.63, 3.8) is 0 Å². The van der Waals surface area contributed by atoms with Crippen LogP contribution in [0.4, 0.5) is 0 Å². The molecule has 0 spiro atoms. The number of thiophene rings is 1. The number of nitrogens with one attached hydrogen (secondary N) is 2. The van der Waals surface area contributed by atoms with Crippen LogP contribution in [0.15, 0.2) is 73.1 Å². The quantitative estimate of drug-likeness (QED) is 0.0883. The Balaban J connectivity index is 1.43. The standard InChI is InChI=1S/C41H52N4O5S/c1-7-9-10-11-12-23-50-32-19-17-29(18-20-32)31-25-42-37(43-26-31)30-15-13-28(14-16-30)24-33(38(46)45-36(40(48)49)27(3)8-2)44-39(47)34-21-22-35(51-34)41(4,5)6/h13-22,25-27,33,36H,7-12,23-24H2,1-6H3,(H,44,47)(H,45,46)(H,48,49)/t27-,33+,36+/m1/s1. The zero-order chi connectivity index (χ0) is 37.0. The Labute approximate surface area is 306 Å². The van der Waals surface area contributed by atoms with Gasteiger partial charge < -0.3 is 20.5 Å². The van der Waals surface area contributed by atoms with Crippen molar-refractivity contribution in [2.24, 2.45) is 5.92 Å². The fraction of sp³-hybridized carbons (Fsp3) is 0.439. The van der Waals surface area contributed by atoms with Crippen LogP contribution >= 0.6 is 11.3 Å². The molecule has 0 aliphatic rings. The van der Waals surface area contributed by atoms with Crippen LogP contribution in [0.25, 0.3) is 22.5 Å². The van der Waals surface area contributed by atoms with Crippen molar-refractivity contribution in [2.75, 3.05) is 6.61 Å². The molecule has 3 atom stereocenters. The van der Waals surface area contributed by atoms with E-state index in [9.17, 15) is 19.5 Å². The highest BCUT2D eigenvalue weighted by Crippen LogP contribution is 2.30. The molecule has 4 aromatic rings. The first kappa shape index (κ1) is 39.2. The molecule has 0 saturated carbocycles. The molecule has 0 bridgehead atoms. The zero-order valence-corrected chi connectivity index (χ0v) is 31.5. The number of carbonyl (C=O) groups is 3. The van der Waals surface area contributed by atoms with E-state index < -0.39 is 24.0 Å². The summed E-state index contributed by atoms with van der Waals surface area (Å²) >= 11 is 1.38. The molecule has 0 fully saturated rings. The number of nitrogens with zero attached hydrogens (tertiary/aromatic N) is 2. The molecule has 10 heteroatoms. The molecule has 3 N–H and O–H groups in total. The van der Waals surface area contributed by atoms with Gasteiger partial charge in [-0.1, -0.05) is 110 Å². The maximum absolute atomic E-state index is 13.5. The second-order valence-corrected chi connectivity index (χ2v) is 15.2. The maximum Gasteiger partial charge on any atom is 0.326 e. The van der Waals surface area contributed by atoms with Crippen molar-refractivity contribution in [1.82, 2.24) is 20.6 Å². The van der Waals surface area contributed by atoms with Crippen LogP contribution in [0.5, 0.6) is 5.75 Å². The molecule has 2 aromatic carbocycles. The van der Waals surface area contributed by atoms with Gasteiger partial charge in [0.05, 0.1) is 11.5 Å². The second-order valence-electron chi connectivity index (χ2n) is 14.1. The third-order valence-electron chi connectivity index (χ3n) is 8.98. The van der Waals surface area contributed by atoms with Gasteiger partial charge in [0, 0.05) is 34.8 Å². The molecular formula is C41H52N4O5S. The van der Waals surface area contributed by atoms with Crippen molar-refractivity contribution in [2.45, 2.75) is 104 Å². The topological polar surface area (TPSA) is 131 Å². The van der Waals surface area contributed by atoms with Crippen molar-refractivity contribution in [3.05, 3.63) is 88.4 Å². The van der Waals surface area contributed by atoms with Gasteiger partial charge in [0.2, 0.25) is 5.91 Å². The molecule has 0 aliphatic heterocycles. The Hall–Kier alpha value is -4.57. The minimum absolute atomic E-state index is 0.121. The Morgan fingerprint density at radius 1 is 0.824 bits per heavy atom. The molecule has 0 saturated heterocycles. The number of unbranched alkanes of at least 4 members (excludes halogenated alkanes) is 4. The number of aromatic nitrogens is 2. The fourth-order valence-corrected chi connectivity index (χ4v) is 6.50. The van der Waals surface area contributed by atoms with Crippen LogP contribution in [-0.2, 0) is 21.4 Å². The van der Waals surface area contributed by atoms with Gasteiger partial charge in [-0.3, -0.25) is 9.59 Å². The van der Waals surface area contributed by atoms with Crippen LogP contribution in [0.1, 0.15) is 100 Å². The summed E-state index contributed by atoms with van der Waals surface area (Å²) in [7, 11) is 0. The SMILES string of the molecule is CCCCCCCOc1ccc(-c2cnc(-c3ccc(C[C@H](NC(=O)c4ccc(C(C)(C)C)s4)C(=O)N[C@H](C(=O)O)[C@H](C)CC)cc3)nc2)cc1. The highest BCUT2D eigenvalue weighted by molar-refractivity contribution is 7.14. The van der Waals surface area contributed by atoms with E-state index in [0.717, 1.165) is 45.9 Å². The number of carboxylic acids is 1. The van der Waals surface area contributed by atoms with Crippen LogP contribution in [0.2, 0.25) is 0 Å². The first-order valence-corrected chi connectivity index (χ1v) is 18.8. The van der Waals surface area contributed by atoms with Gasteiger partial charge in [0.1, 0.15) is 17.8 Å². The summed E-state index contributed by atoms with van der Waals surface area (Å²) in [6, 6.07) is 17.1. The summed E-state index contributed by atoms with van der Waals surface area (Å²) in [4.78, 5) is 49.6. The van der Waals surface area contributed by atoms with Crippen LogP contribution in [0.3, 0.4) is 0 Å². The van der Waals surface area contributed by atoms with Crippen molar-refractivity contribution < 1.29 is 24.2 Å². The van der Waals surface area contributed by atoms with Gasteiger partial charge in [-0.15, -0.1) is 11.3 Å². The van der Waals surface area contributed by atoms with E-state index in [1.807, 2.05) is 61.5 Å². The monoisotopic (exact) mass is 712 g/mol. The van der Waals surface area contributed by atoms with E-state index in [2.05, 4.69) is 48.3 Å². The number of aliphatic carboxylic acids is 1. The van der Waals surface area contributed by atoms with Crippen molar-refractivity contribution in [3.8, 4) is 28.3 Å². The molecule has 2 aromatic heterocycles. The number of ether oxygens (including phenoxy) is 1. The molecule has 2 amide bonds. The maximum atomic E-state index is 13.5. The lowest BCUT2D eigenvalue weighted by Gasteiger charge is -2.24. The normalized spacial score (nSPS) is 13.2. The number of hydrogen-bond donors (Lipinski definition) is 3. The Bertz CT molecular complexity index is 1710. The molecule has 9 nitrogen and oxygen atoms in total. The fourth-order valence-electron chi connectivity index (χ4n) is 5.53. The number of hydrogen-bond acceptors (Lipinski definition) is 7. The van der Waals surface area contributed by atoms with Crippen LogP contribution in [-0.4, -0.2) is 51.5 Å². The summed E-state index contributed by atoms with van der Waals surface area (Å²) < 4.78 is 5.89. The van der Waals surface area contributed by atoms with Gasteiger partial charge in [-0.2, -0.15) is 0 Å². The number of benzene rings is 2. The van der Waals surface area contributed by atoms with Gasteiger partial charge in [0.15, 0.2) is 5.82 Å².